The first kappa shape index (κ1) is 70.1. The number of hydrogen-bond acceptors (Lipinski definition) is 10. The lowest BCUT2D eigenvalue weighted by molar-refractivity contribution is -0.305. The van der Waals surface area contributed by atoms with Crippen molar-refractivity contribution in [1.29, 1.82) is 0 Å². The normalized spacial score (nSPS) is 19.7. The molecular weight excluding hydrogens is 943 g/mol. The third kappa shape index (κ3) is 40.0. The van der Waals surface area contributed by atoms with Crippen LogP contribution in [0.25, 0.3) is 0 Å². The smallest absolute Gasteiger partial charge is 0.306 e. The largest absolute Gasteiger partial charge is 0.454 e. The second kappa shape index (κ2) is 51.8. The number of esters is 1. The number of nitrogens with one attached hydrogen (secondary N) is 1. The third-order valence-corrected chi connectivity index (χ3v) is 14.1. The van der Waals surface area contributed by atoms with Gasteiger partial charge in [0.25, 0.3) is 0 Å². The van der Waals surface area contributed by atoms with Crippen molar-refractivity contribution >= 4 is 11.9 Å². The van der Waals surface area contributed by atoms with Gasteiger partial charge in [-0.05, 0) is 96.3 Å². The van der Waals surface area contributed by atoms with Crippen molar-refractivity contribution in [3.05, 3.63) is 72.9 Å². The minimum Gasteiger partial charge on any atom is -0.454 e. The highest BCUT2D eigenvalue weighted by atomic mass is 16.7. The van der Waals surface area contributed by atoms with Crippen LogP contribution in [0.1, 0.15) is 258 Å². The fourth-order valence-corrected chi connectivity index (χ4v) is 9.16. The van der Waals surface area contributed by atoms with E-state index in [1.54, 1.807) is 6.08 Å². The molecule has 8 unspecified atom stereocenters. The zero-order valence-electron chi connectivity index (χ0n) is 47.9. The van der Waals surface area contributed by atoms with Crippen LogP contribution in [0.15, 0.2) is 72.9 Å². The van der Waals surface area contributed by atoms with E-state index in [0.717, 1.165) is 103 Å². The Hall–Kier alpha value is -2.90. The molecule has 0 saturated carbocycles. The Kier molecular flexibility index (Phi) is 48.5. The molecule has 0 spiro atoms. The third-order valence-electron chi connectivity index (χ3n) is 14.1. The van der Waals surface area contributed by atoms with Crippen molar-refractivity contribution in [3.8, 4) is 0 Å². The number of ether oxygens (including phenoxy) is 3. The highest BCUT2D eigenvalue weighted by Crippen LogP contribution is 2.26. The maximum atomic E-state index is 13.4. The SMILES string of the molecule is CCCCC/C=C\C/C=C\C/C=C\C/C=C\CCCCCCCCC(O)C(=O)NC(COC1OC(CO)C(O)C(O)C1OC(=O)CCCCC/C=C\CCCCCCCC)C(O)/C=C/CCCCCCCCCCC. The van der Waals surface area contributed by atoms with Crippen LogP contribution in [0, 0.1) is 0 Å². The highest BCUT2D eigenvalue weighted by molar-refractivity contribution is 5.80. The molecule has 1 heterocycles. The van der Waals surface area contributed by atoms with Gasteiger partial charge in [-0.15, -0.1) is 0 Å². The van der Waals surface area contributed by atoms with E-state index in [1.807, 2.05) is 6.08 Å². The van der Waals surface area contributed by atoms with Gasteiger partial charge < -0.3 is 45.1 Å². The van der Waals surface area contributed by atoms with Crippen molar-refractivity contribution in [1.82, 2.24) is 5.32 Å². The molecule has 11 nitrogen and oxygen atoms in total. The van der Waals surface area contributed by atoms with Gasteiger partial charge in [-0.3, -0.25) is 9.59 Å². The topological polar surface area (TPSA) is 175 Å². The molecule has 0 bridgehead atoms. The quantitative estimate of drug-likeness (QED) is 0.0195. The second-order valence-corrected chi connectivity index (χ2v) is 21.1. The van der Waals surface area contributed by atoms with E-state index in [1.165, 1.54) is 109 Å². The van der Waals surface area contributed by atoms with Gasteiger partial charge in [0.1, 0.15) is 24.4 Å². The highest BCUT2D eigenvalue weighted by Gasteiger charge is 2.47. The molecule has 0 aromatic heterocycles. The van der Waals surface area contributed by atoms with Gasteiger partial charge in [-0.1, -0.05) is 229 Å². The van der Waals surface area contributed by atoms with Gasteiger partial charge >= 0.3 is 5.97 Å². The van der Waals surface area contributed by atoms with E-state index in [9.17, 15) is 35.1 Å². The van der Waals surface area contributed by atoms with Crippen molar-refractivity contribution in [2.24, 2.45) is 0 Å². The molecule has 0 aromatic carbocycles. The van der Waals surface area contributed by atoms with Crippen molar-refractivity contribution in [3.63, 3.8) is 0 Å². The first-order chi connectivity index (χ1) is 36.7. The Bertz CT molecular complexity index is 1490. The van der Waals surface area contributed by atoms with Gasteiger partial charge in [0.15, 0.2) is 12.4 Å². The number of unbranched alkanes of at least 4 members (excludes halogenated alkanes) is 27. The van der Waals surface area contributed by atoms with E-state index >= 15 is 0 Å². The van der Waals surface area contributed by atoms with E-state index in [4.69, 9.17) is 14.2 Å². The zero-order valence-corrected chi connectivity index (χ0v) is 47.9. The van der Waals surface area contributed by atoms with E-state index in [0.29, 0.717) is 12.8 Å². The molecule has 1 saturated heterocycles. The lowest BCUT2D eigenvalue weighted by Gasteiger charge is -2.41. The molecule has 0 radical (unpaired) electrons. The Labute approximate surface area is 458 Å². The Morgan fingerprint density at radius 3 is 1.41 bits per heavy atom. The zero-order chi connectivity index (χ0) is 54.7. The van der Waals surface area contributed by atoms with E-state index in [2.05, 4.69) is 86.8 Å². The average molecular weight is 1060 g/mol. The minimum atomic E-state index is -1.62. The van der Waals surface area contributed by atoms with Crippen LogP contribution in [0.3, 0.4) is 0 Å². The summed E-state index contributed by atoms with van der Waals surface area (Å²) in [7, 11) is 0. The lowest BCUT2D eigenvalue weighted by atomic mass is 9.99. The van der Waals surface area contributed by atoms with Gasteiger partial charge in [-0.25, -0.2) is 0 Å². The second-order valence-electron chi connectivity index (χ2n) is 21.1. The fourth-order valence-electron chi connectivity index (χ4n) is 9.16. The Morgan fingerprint density at radius 2 is 0.920 bits per heavy atom. The van der Waals surface area contributed by atoms with Crippen LogP contribution < -0.4 is 5.32 Å². The molecule has 434 valence electrons. The van der Waals surface area contributed by atoms with Gasteiger partial charge in [-0.2, -0.15) is 0 Å². The summed E-state index contributed by atoms with van der Waals surface area (Å²) in [5.41, 5.74) is 0. The summed E-state index contributed by atoms with van der Waals surface area (Å²) in [6.07, 6.45) is 55.1. The Morgan fingerprint density at radius 1 is 0.520 bits per heavy atom. The Balaban J connectivity index is 2.67. The number of rotatable bonds is 51. The summed E-state index contributed by atoms with van der Waals surface area (Å²) in [5, 5.41) is 56.9. The first-order valence-corrected chi connectivity index (χ1v) is 30.7. The standard InChI is InChI=1S/C64H113NO10/c1-4-7-10-13-16-19-22-24-25-26-27-28-29-30-31-32-34-36-39-42-45-48-51-57(68)63(72)65-55(56(67)50-47-44-41-38-35-21-18-15-12-9-6-3)54-73-64-62(61(71)60(70)58(53-66)74-64)75-59(69)52-49-46-43-40-37-33-23-20-17-14-11-8-5-2/h16,19,24-25,27-28,30-31,33,37,47,50,55-58,60-62,64,66-68,70-71H,4-15,17-18,20-23,26,29,32,34-36,38-46,48-49,51-54H2,1-3H3,(H,65,72)/b19-16-,25-24-,28-27-,31-30-,37-33-,50-47+. The van der Waals surface area contributed by atoms with Crippen LogP contribution in [0.5, 0.6) is 0 Å². The molecule has 1 fully saturated rings. The molecule has 11 heteroatoms. The van der Waals surface area contributed by atoms with Gasteiger partial charge in [0.2, 0.25) is 5.91 Å². The van der Waals surface area contributed by atoms with Crippen LogP contribution in [-0.4, -0.2) is 99.6 Å². The predicted octanol–water partition coefficient (Wildman–Crippen LogP) is 14.4. The van der Waals surface area contributed by atoms with Crippen molar-refractivity contribution in [2.45, 2.75) is 307 Å². The monoisotopic (exact) mass is 1060 g/mol. The summed E-state index contributed by atoms with van der Waals surface area (Å²) < 4.78 is 17.6. The fraction of sp³-hybridized carbons (Fsp3) is 0.781. The summed E-state index contributed by atoms with van der Waals surface area (Å²) in [6, 6.07) is -1.03. The van der Waals surface area contributed by atoms with Gasteiger partial charge in [0, 0.05) is 6.42 Å². The van der Waals surface area contributed by atoms with E-state index in [-0.39, 0.29) is 19.4 Å². The molecule has 1 rings (SSSR count). The number of aliphatic hydroxyl groups excluding tert-OH is 5. The summed E-state index contributed by atoms with van der Waals surface area (Å²) in [5.74, 6) is -1.22. The molecule has 0 aliphatic carbocycles. The number of amides is 1. The number of allylic oxidation sites excluding steroid dienone is 11. The van der Waals surface area contributed by atoms with Crippen LogP contribution in [0.2, 0.25) is 0 Å². The van der Waals surface area contributed by atoms with Crippen LogP contribution in [-0.2, 0) is 23.8 Å². The predicted molar refractivity (Wildman–Crippen MR) is 310 cm³/mol. The summed E-state index contributed by atoms with van der Waals surface area (Å²) in [4.78, 5) is 26.5. The molecule has 0 aromatic rings. The first-order valence-electron chi connectivity index (χ1n) is 30.7. The molecule has 1 aliphatic rings. The molecular formula is C64H113NO10. The number of carbonyl (C=O) groups is 2. The lowest BCUT2D eigenvalue weighted by Crippen LogP contribution is -2.61. The van der Waals surface area contributed by atoms with Crippen LogP contribution >= 0.6 is 0 Å². The minimum absolute atomic E-state index is 0.0999. The molecule has 75 heavy (non-hydrogen) atoms. The molecule has 1 amide bonds. The summed E-state index contributed by atoms with van der Waals surface area (Å²) in [6.45, 7) is 5.72. The molecule has 8 atom stereocenters. The number of carbonyl (C=O) groups excluding carboxylic acids is 2. The number of hydrogen-bond donors (Lipinski definition) is 6. The molecule has 1 aliphatic heterocycles. The van der Waals surface area contributed by atoms with Gasteiger partial charge in [0.05, 0.1) is 25.4 Å². The average Bonchev–Trinajstić information content (AvgIpc) is 3.41. The van der Waals surface area contributed by atoms with Crippen molar-refractivity contribution in [2.75, 3.05) is 13.2 Å². The number of aliphatic hydroxyl groups is 5. The maximum absolute atomic E-state index is 13.4. The maximum Gasteiger partial charge on any atom is 0.306 e. The van der Waals surface area contributed by atoms with Crippen LogP contribution in [0.4, 0.5) is 0 Å². The molecule has 6 N–H and O–H groups in total. The van der Waals surface area contributed by atoms with Crippen molar-refractivity contribution < 1.29 is 49.3 Å². The summed E-state index contributed by atoms with van der Waals surface area (Å²) >= 11 is 0. The van der Waals surface area contributed by atoms with E-state index < -0.39 is 67.4 Å².